The van der Waals surface area contributed by atoms with E-state index in [1.54, 1.807) is 4.68 Å². The first kappa shape index (κ1) is 10.4. The molecule has 0 aliphatic heterocycles. The highest BCUT2D eigenvalue weighted by Crippen LogP contribution is 2.28. The molecule has 0 bridgehead atoms. The van der Waals surface area contributed by atoms with Crippen molar-refractivity contribution in [3.05, 3.63) is 11.3 Å². The molecule has 2 rings (SSSR count). The van der Waals surface area contributed by atoms with Crippen molar-refractivity contribution in [3.63, 3.8) is 0 Å². The van der Waals surface area contributed by atoms with E-state index in [-0.39, 0.29) is 0 Å². The van der Waals surface area contributed by atoms with Crippen LogP contribution in [0.15, 0.2) is 0 Å². The van der Waals surface area contributed by atoms with Crippen LogP contribution in [0, 0.1) is 6.92 Å². The molecule has 3 N–H and O–H groups in total. The summed E-state index contributed by atoms with van der Waals surface area (Å²) in [7, 11) is 4.06. The Labute approximate surface area is 90.2 Å². The van der Waals surface area contributed by atoms with Crippen molar-refractivity contribution >= 4 is 5.82 Å². The highest BCUT2D eigenvalue weighted by Gasteiger charge is 2.27. The lowest BCUT2D eigenvalue weighted by Gasteiger charge is -2.16. The van der Waals surface area contributed by atoms with Gasteiger partial charge in [0, 0.05) is 25.2 Å². The molecule has 0 atom stereocenters. The number of hydrogen-bond acceptors (Lipinski definition) is 4. The third-order valence-corrected chi connectivity index (χ3v) is 3.06. The zero-order chi connectivity index (χ0) is 11.0. The summed E-state index contributed by atoms with van der Waals surface area (Å²) >= 11 is 0. The number of nitrogens with two attached hydrogens (primary N) is 1. The van der Waals surface area contributed by atoms with Crippen LogP contribution in [0.2, 0.25) is 0 Å². The molecule has 1 aliphatic rings. The van der Waals surface area contributed by atoms with Crippen molar-refractivity contribution < 1.29 is 0 Å². The first-order valence-corrected chi connectivity index (χ1v) is 5.32. The van der Waals surface area contributed by atoms with E-state index < -0.39 is 0 Å². The fourth-order valence-corrected chi connectivity index (χ4v) is 1.97. The van der Waals surface area contributed by atoms with Crippen molar-refractivity contribution in [2.45, 2.75) is 32.4 Å². The molecule has 84 valence electrons. The third-order valence-electron chi connectivity index (χ3n) is 3.06. The summed E-state index contributed by atoms with van der Waals surface area (Å²) in [4.78, 5) is 2.37. The van der Waals surface area contributed by atoms with Gasteiger partial charge in [-0.25, -0.2) is 5.84 Å². The SMILES string of the molecule is Cc1nn(C)c(NN)c1CN(C)C1CC1. The van der Waals surface area contributed by atoms with Crippen LogP contribution >= 0.6 is 0 Å². The molecule has 0 saturated heterocycles. The van der Waals surface area contributed by atoms with Crippen LogP contribution in [0.3, 0.4) is 0 Å². The van der Waals surface area contributed by atoms with Crippen LogP contribution in [0.4, 0.5) is 5.82 Å². The van der Waals surface area contributed by atoms with Crippen molar-refractivity contribution in [3.8, 4) is 0 Å². The zero-order valence-corrected chi connectivity index (χ0v) is 9.62. The number of anilines is 1. The largest absolute Gasteiger partial charge is 0.308 e. The molecule has 1 aromatic heterocycles. The van der Waals surface area contributed by atoms with E-state index in [9.17, 15) is 0 Å². The molecule has 1 heterocycles. The van der Waals surface area contributed by atoms with Gasteiger partial charge in [-0.2, -0.15) is 5.10 Å². The van der Waals surface area contributed by atoms with Gasteiger partial charge in [0.05, 0.1) is 5.69 Å². The standard InChI is InChI=1S/C10H19N5/c1-7-9(6-14(2)8-4-5-8)10(12-11)15(3)13-7/h8,12H,4-6,11H2,1-3H3. The van der Waals surface area contributed by atoms with Gasteiger partial charge < -0.3 is 5.43 Å². The molecule has 1 fully saturated rings. The smallest absolute Gasteiger partial charge is 0.142 e. The lowest BCUT2D eigenvalue weighted by atomic mass is 10.2. The lowest BCUT2D eigenvalue weighted by Crippen LogP contribution is -2.22. The van der Waals surface area contributed by atoms with Crippen molar-refractivity contribution in [1.82, 2.24) is 14.7 Å². The van der Waals surface area contributed by atoms with Crippen molar-refractivity contribution in [1.29, 1.82) is 0 Å². The summed E-state index contributed by atoms with van der Waals surface area (Å²) < 4.78 is 1.80. The molecule has 5 heteroatoms. The molecule has 1 saturated carbocycles. The van der Waals surface area contributed by atoms with Crippen molar-refractivity contribution in [2.75, 3.05) is 12.5 Å². The average molecular weight is 209 g/mol. The van der Waals surface area contributed by atoms with Crippen LogP contribution in [-0.4, -0.2) is 27.8 Å². The maximum absolute atomic E-state index is 5.50. The molecule has 5 nitrogen and oxygen atoms in total. The molecule has 0 aromatic carbocycles. The Bertz CT molecular complexity index is 353. The molecular formula is C10H19N5. The Balaban J connectivity index is 2.18. The Kier molecular flexibility index (Phi) is 2.67. The molecular weight excluding hydrogens is 190 g/mol. The Hall–Kier alpha value is -1.07. The van der Waals surface area contributed by atoms with E-state index in [2.05, 4.69) is 22.5 Å². The number of aromatic nitrogens is 2. The predicted molar refractivity (Wildman–Crippen MR) is 60.2 cm³/mol. The lowest BCUT2D eigenvalue weighted by molar-refractivity contribution is 0.316. The average Bonchev–Trinajstić information content (AvgIpc) is 2.96. The van der Waals surface area contributed by atoms with E-state index in [0.29, 0.717) is 0 Å². The summed E-state index contributed by atoms with van der Waals surface area (Å²) in [5, 5.41) is 4.36. The first-order chi connectivity index (χ1) is 7.13. The van der Waals surface area contributed by atoms with E-state index in [4.69, 9.17) is 5.84 Å². The highest BCUT2D eigenvalue weighted by molar-refractivity contribution is 5.46. The number of nitrogens with zero attached hydrogens (tertiary/aromatic N) is 3. The van der Waals surface area contributed by atoms with Crippen LogP contribution in [0.5, 0.6) is 0 Å². The fraction of sp³-hybridized carbons (Fsp3) is 0.700. The minimum atomic E-state index is 0.759. The van der Waals surface area contributed by atoms with E-state index in [1.165, 1.54) is 18.4 Å². The zero-order valence-electron chi connectivity index (χ0n) is 9.62. The number of hydrogen-bond donors (Lipinski definition) is 2. The topological polar surface area (TPSA) is 59.1 Å². The first-order valence-electron chi connectivity index (χ1n) is 5.32. The van der Waals surface area contributed by atoms with E-state index in [0.717, 1.165) is 24.1 Å². The second kappa shape index (κ2) is 3.83. The minimum absolute atomic E-state index is 0.759. The molecule has 0 unspecified atom stereocenters. The van der Waals surface area contributed by atoms with Crippen molar-refractivity contribution in [2.24, 2.45) is 12.9 Å². The normalized spacial score (nSPS) is 16.1. The maximum atomic E-state index is 5.50. The summed E-state index contributed by atoms with van der Waals surface area (Å²) in [5.41, 5.74) is 4.98. The van der Waals surface area contributed by atoms with Gasteiger partial charge in [-0.1, -0.05) is 0 Å². The van der Waals surface area contributed by atoms with Gasteiger partial charge >= 0.3 is 0 Å². The van der Waals surface area contributed by atoms with Crippen LogP contribution in [-0.2, 0) is 13.6 Å². The van der Waals surface area contributed by atoms with Gasteiger partial charge in [-0.15, -0.1) is 0 Å². The molecule has 1 aromatic rings. The second-order valence-corrected chi connectivity index (χ2v) is 4.33. The number of hydrazine groups is 1. The number of aryl methyl sites for hydroxylation is 2. The van der Waals surface area contributed by atoms with Gasteiger partial charge in [0.15, 0.2) is 0 Å². The van der Waals surface area contributed by atoms with Gasteiger partial charge in [-0.3, -0.25) is 9.58 Å². The number of nitrogens with one attached hydrogen (secondary N) is 1. The minimum Gasteiger partial charge on any atom is -0.308 e. The molecule has 0 spiro atoms. The summed E-state index contributed by atoms with van der Waals surface area (Å²) in [5.74, 6) is 6.42. The third kappa shape index (κ3) is 1.98. The summed E-state index contributed by atoms with van der Waals surface area (Å²) in [6.07, 6.45) is 2.64. The fourth-order valence-electron chi connectivity index (χ4n) is 1.97. The number of rotatable bonds is 4. The Morgan fingerprint density at radius 1 is 1.60 bits per heavy atom. The van der Waals surface area contributed by atoms with Crippen LogP contribution in [0.25, 0.3) is 0 Å². The number of nitrogen functional groups attached to an aromatic ring is 1. The molecule has 1 aliphatic carbocycles. The quantitative estimate of drug-likeness (QED) is 0.563. The molecule has 15 heavy (non-hydrogen) atoms. The molecule has 0 radical (unpaired) electrons. The second-order valence-electron chi connectivity index (χ2n) is 4.33. The van der Waals surface area contributed by atoms with Gasteiger partial charge in [-0.05, 0) is 26.8 Å². The van der Waals surface area contributed by atoms with Crippen LogP contribution < -0.4 is 11.3 Å². The van der Waals surface area contributed by atoms with Gasteiger partial charge in [0.25, 0.3) is 0 Å². The summed E-state index contributed by atoms with van der Waals surface area (Å²) in [6.45, 7) is 2.95. The van der Waals surface area contributed by atoms with Gasteiger partial charge in [0.1, 0.15) is 5.82 Å². The van der Waals surface area contributed by atoms with E-state index in [1.807, 2.05) is 14.0 Å². The predicted octanol–water partition coefficient (Wildman–Crippen LogP) is 0.608. The monoisotopic (exact) mass is 209 g/mol. The van der Waals surface area contributed by atoms with Gasteiger partial charge in [0.2, 0.25) is 0 Å². The molecule has 0 amide bonds. The van der Waals surface area contributed by atoms with E-state index >= 15 is 0 Å². The maximum Gasteiger partial charge on any atom is 0.142 e. The summed E-state index contributed by atoms with van der Waals surface area (Å²) in [6, 6.07) is 0.759. The Morgan fingerprint density at radius 3 is 2.80 bits per heavy atom. The highest BCUT2D eigenvalue weighted by atomic mass is 15.4. The van der Waals surface area contributed by atoms with Crippen LogP contribution in [0.1, 0.15) is 24.1 Å². The Morgan fingerprint density at radius 2 is 2.27 bits per heavy atom.